The zero-order valence-corrected chi connectivity index (χ0v) is 14.6. The Kier molecular flexibility index (Phi) is 4.94. The van der Waals surface area contributed by atoms with Crippen molar-refractivity contribution in [1.82, 2.24) is 19.7 Å². The van der Waals surface area contributed by atoms with Crippen molar-refractivity contribution >= 4 is 11.6 Å². The predicted octanol–water partition coefficient (Wildman–Crippen LogP) is 2.42. The van der Waals surface area contributed by atoms with E-state index in [9.17, 15) is 4.79 Å². The van der Waals surface area contributed by atoms with Crippen LogP contribution in [0.4, 0.5) is 5.69 Å². The quantitative estimate of drug-likeness (QED) is 0.937. The molecule has 0 unspecified atom stereocenters. The number of benzene rings is 1. The summed E-state index contributed by atoms with van der Waals surface area (Å²) in [5.74, 6) is 2.55. The van der Waals surface area contributed by atoms with Crippen LogP contribution in [0.1, 0.15) is 43.9 Å². The molecule has 1 aromatic carbocycles. The maximum atomic E-state index is 11.1. The Balaban J connectivity index is 1.62. The van der Waals surface area contributed by atoms with E-state index in [0.717, 1.165) is 49.9 Å². The van der Waals surface area contributed by atoms with Crippen LogP contribution >= 0.6 is 0 Å². The molecule has 128 valence electrons. The largest absolute Gasteiger partial charge is 0.326 e. The molecule has 1 N–H and O–H groups in total. The number of aromatic nitrogens is 3. The van der Waals surface area contributed by atoms with E-state index in [2.05, 4.69) is 51.0 Å². The highest BCUT2D eigenvalue weighted by atomic mass is 16.1. The van der Waals surface area contributed by atoms with Crippen LogP contribution < -0.4 is 5.32 Å². The standard InChI is InChI=1S/C18H25N5O/c1-13(2)18-21-20-17-8-9-22(10-11-23(17)18)12-15-4-6-16(7-5-15)19-14(3)24/h4-7,13H,8-12H2,1-3H3,(H,19,24). The van der Waals surface area contributed by atoms with Gasteiger partial charge in [-0.2, -0.15) is 0 Å². The van der Waals surface area contributed by atoms with E-state index in [0.29, 0.717) is 5.92 Å². The van der Waals surface area contributed by atoms with Gasteiger partial charge in [-0.05, 0) is 17.7 Å². The van der Waals surface area contributed by atoms with E-state index in [1.165, 1.54) is 12.5 Å². The minimum atomic E-state index is -0.0424. The lowest BCUT2D eigenvalue weighted by Crippen LogP contribution is -2.26. The number of anilines is 1. The topological polar surface area (TPSA) is 63.1 Å². The van der Waals surface area contributed by atoms with Gasteiger partial charge in [0.05, 0.1) is 0 Å². The van der Waals surface area contributed by atoms with E-state index < -0.39 is 0 Å². The molecule has 0 aliphatic carbocycles. The number of fused-ring (bicyclic) bond motifs is 1. The van der Waals surface area contributed by atoms with Gasteiger partial charge in [0.2, 0.25) is 5.91 Å². The number of nitrogens with zero attached hydrogens (tertiary/aromatic N) is 4. The fourth-order valence-electron chi connectivity index (χ4n) is 3.13. The SMILES string of the molecule is CC(=O)Nc1ccc(CN2CCc3nnc(C(C)C)n3CC2)cc1. The highest BCUT2D eigenvalue weighted by Gasteiger charge is 2.20. The molecule has 0 atom stereocenters. The molecule has 1 aromatic heterocycles. The van der Waals surface area contributed by atoms with E-state index in [1.54, 1.807) is 0 Å². The molecule has 2 aromatic rings. The molecule has 24 heavy (non-hydrogen) atoms. The molecule has 2 heterocycles. The van der Waals surface area contributed by atoms with Crippen molar-refractivity contribution in [2.45, 2.75) is 46.2 Å². The number of rotatable bonds is 4. The van der Waals surface area contributed by atoms with E-state index >= 15 is 0 Å². The summed E-state index contributed by atoms with van der Waals surface area (Å²) in [5.41, 5.74) is 2.10. The highest BCUT2D eigenvalue weighted by molar-refractivity contribution is 5.88. The fraction of sp³-hybridized carbons (Fsp3) is 0.500. The van der Waals surface area contributed by atoms with E-state index in [-0.39, 0.29) is 5.91 Å². The maximum Gasteiger partial charge on any atom is 0.221 e. The van der Waals surface area contributed by atoms with E-state index in [1.807, 2.05) is 12.1 Å². The van der Waals surface area contributed by atoms with Gasteiger partial charge in [0.15, 0.2) is 0 Å². The van der Waals surface area contributed by atoms with Gasteiger partial charge in [0, 0.05) is 51.1 Å². The molecule has 6 nitrogen and oxygen atoms in total. The number of amides is 1. The Morgan fingerprint density at radius 3 is 2.58 bits per heavy atom. The lowest BCUT2D eigenvalue weighted by molar-refractivity contribution is -0.114. The zero-order chi connectivity index (χ0) is 17.1. The van der Waals surface area contributed by atoms with Crippen LogP contribution in [0.2, 0.25) is 0 Å². The summed E-state index contributed by atoms with van der Waals surface area (Å²) in [7, 11) is 0. The summed E-state index contributed by atoms with van der Waals surface area (Å²) in [6, 6.07) is 8.08. The second kappa shape index (κ2) is 7.13. The molecule has 0 saturated carbocycles. The van der Waals surface area contributed by atoms with Crippen molar-refractivity contribution in [2.24, 2.45) is 0 Å². The van der Waals surface area contributed by atoms with Crippen LogP contribution in [-0.4, -0.2) is 38.7 Å². The van der Waals surface area contributed by atoms with Crippen LogP contribution in [0.25, 0.3) is 0 Å². The monoisotopic (exact) mass is 327 g/mol. The molecule has 0 bridgehead atoms. The minimum absolute atomic E-state index is 0.0424. The average Bonchev–Trinajstić information content (AvgIpc) is 2.85. The summed E-state index contributed by atoms with van der Waals surface area (Å²) < 4.78 is 2.28. The first-order chi connectivity index (χ1) is 11.5. The van der Waals surface area contributed by atoms with Crippen molar-refractivity contribution < 1.29 is 4.79 Å². The molecule has 1 amide bonds. The molecular formula is C18H25N5O. The maximum absolute atomic E-state index is 11.1. The van der Waals surface area contributed by atoms with Crippen LogP contribution in [0.5, 0.6) is 0 Å². The van der Waals surface area contributed by atoms with Crippen molar-refractivity contribution in [3.05, 3.63) is 41.5 Å². The third-order valence-corrected chi connectivity index (χ3v) is 4.34. The van der Waals surface area contributed by atoms with Crippen molar-refractivity contribution in [3.63, 3.8) is 0 Å². The van der Waals surface area contributed by atoms with Gasteiger partial charge in [-0.1, -0.05) is 26.0 Å². The van der Waals surface area contributed by atoms with Crippen molar-refractivity contribution in [3.8, 4) is 0 Å². The Hall–Kier alpha value is -2.21. The first-order valence-corrected chi connectivity index (χ1v) is 8.54. The Labute approximate surface area is 142 Å². The van der Waals surface area contributed by atoms with Gasteiger partial charge >= 0.3 is 0 Å². The molecule has 0 saturated heterocycles. The highest BCUT2D eigenvalue weighted by Crippen LogP contribution is 2.18. The smallest absolute Gasteiger partial charge is 0.221 e. The summed E-state index contributed by atoms with van der Waals surface area (Å²) in [4.78, 5) is 13.5. The minimum Gasteiger partial charge on any atom is -0.326 e. The Bertz CT molecular complexity index is 705. The molecular weight excluding hydrogens is 302 g/mol. The molecule has 1 aliphatic heterocycles. The van der Waals surface area contributed by atoms with Gasteiger partial charge in [-0.3, -0.25) is 9.69 Å². The Morgan fingerprint density at radius 1 is 1.17 bits per heavy atom. The zero-order valence-electron chi connectivity index (χ0n) is 14.6. The lowest BCUT2D eigenvalue weighted by Gasteiger charge is -2.20. The number of hydrogen-bond acceptors (Lipinski definition) is 4. The lowest BCUT2D eigenvalue weighted by atomic mass is 10.2. The third-order valence-electron chi connectivity index (χ3n) is 4.34. The van der Waals surface area contributed by atoms with E-state index in [4.69, 9.17) is 0 Å². The van der Waals surface area contributed by atoms with Gasteiger partial charge in [0.1, 0.15) is 11.6 Å². The van der Waals surface area contributed by atoms with Crippen LogP contribution in [-0.2, 0) is 24.3 Å². The second-order valence-corrected chi connectivity index (χ2v) is 6.69. The Morgan fingerprint density at radius 2 is 1.92 bits per heavy atom. The average molecular weight is 327 g/mol. The molecule has 3 rings (SSSR count). The van der Waals surface area contributed by atoms with Crippen molar-refractivity contribution in [1.29, 1.82) is 0 Å². The summed E-state index contributed by atoms with van der Waals surface area (Å²) >= 11 is 0. The van der Waals surface area contributed by atoms with Crippen LogP contribution in [0, 0.1) is 0 Å². The van der Waals surface area contributed by atoms with Gasteiger partial charge in [-0.25, -0.2) is 0 Å². The fourth-order valence-corrected chi connectivity index (χ4v) is 3.13. The number of nitrogens with one attached hydrogen (secondary N) is 1. The number of carbonyl (C=O) groups is 1. The molecule has 0 spiro atoms. The molecule has 0 radical (unpaired) electrons. The van der Waals surface area contributed by atoms with Gasteiger partial charge in [0.25, 0.3) is 0 Å². The van der Waals surface area contributed by atoms with Gasteiger partial charge in [-0.15, -0.1) is 10.2 Å². The number of carbonyl (C=O) groups excluding carboxylic acids is 1. The second-order valence-electron chi connectivity index (χ2n) is 6.69. The molecule has 6 heteroatoms. The van der Waals surface area contributed by atoms with Gasteiger partial charge < -0.3 is 9.88 Å². The van der Waals surface area contributed by atoms with Crippen molar-refractivity contribution in [2.75, 3.05) is 18.4 Å². The number of hydrogen-bond donors (Lipinski definition) is 1. The molecule has 1 aliphatic rings. The molecule has 0 fully saturated rings. The normalized spacial score (nSPS) is 15.2. The third kappa shape index (κ3) is 3.82. The first kappa shape index (κ1) is 16.6. The summed E-state index contributed by atoms with van der Waals surface area (Å²) in [5, 5.41) is 11.5. The summed E-state index contributed by atoms with van der Waals surface area (Å²) in [6.45, 7) is 9.69. The van der Waals surface area contributed by atoms with Crippen LogP contribution in [0.3, 0.4) is 0 Å². The summed E-state index contributed by atoms with van der Waals surface area (Å²) in [6.07, 6.45) is 0.934. The first-order valence-electron chi connectivity index (χ1n) is 8.54. The van der Waals surface area contributed by atoms with Crippen LogP contribution in [0.15, 0.2) is 24.3 Å². The predicted molar refractivity (Wildman–Crippen MR) is 93.8 cm³/mol.